The highest BCUT2D eigenvalue weighted by molar-refractivity contribution is 9.10. The fourth-order valence-corrected chi connectivity index (χ4v) is 1.05. The zero-order chi connectivity index (χ0) is 12.1. The van der Waals surface area contributed by atoms with E-state index in [-0.39, 0.29) is 0 Å². The Morgan fingerprint density at radius 1 is 1.27 bits per heavy atom. The minimum Gasteiger partial charge on any atom is -0.418 e. The average Bonchev–Trinajstić information content (AvgIpc) is 2.07. The van der Waals surface area contributed by atoms with Crippen LogP contribution < -0.4 is 0 Å². The number of diazo groups is 1. The van der Waals surface area contributed by atoms with Crippen LogP contribution in [0.25, 0.3) is 4.98 Å². The van der Waals surface area contributed by atoms with Crippen LogP contribution in [0, 0.1) is 12.3 Å². The van der Waals surface area contributed by atoms with Gasteiger partial charge in [0.05, 0.1) is 0 Å². The lowest BCUT2D eigenvalue weighted by atomic mass is 10.2. The first-order chi connectivity index (χ1) is 6.75. The van der Waals surface area contributed by atoms with Crippen LogP contribution in [-0.2, 0) is 0 Å². The third-order valence-corrected chi connectivity index (χ3v) is 2.31. The molecule has 0 N–H and O–H groups in total. The topological polar surface area (TPSA) is 28.1 Å². The van der Waals surface area contributed by atoms with Crippen molar-refractivity contribution < 1.29 is 17.3 Å². The highest BCUT2D eigenvalue weighted by atomic mass is 79.9. The van der Waals surface area contributed by atoms with Gasteiger partial charge in [0.25, 0.3) is 0 Å². The molecule has 1 aromatic carbocycles. The number of benzene rings is 1. The predicted molar refractivity (Wildman–Crippen MR) is 53.8 cm³/mol. The van der Waals surface area contributed by atoms with E-state index in [0.717, 1.165) is 10.0 Å². The van der Waals surface area contributed by atoms with Gasteiger partial charge in [-0.1, -0.05) is 12.1 Å². The first-order valence-electron chi connectivity index (χ1n) is 3.73. The molecular formula is C7H6BBrF4N2. The van der Waals surface area contributed by atoms with Gasteiger partial charge in [-0.15, -0.1) is 0 Å². The van der Waals surface area contributed by atoms with E-state index in [1.165, 1.54) is 0 Å². The van der Waals surface area contributed by atoms with Gasteiger partial charge < -0.3 is 17.3 Å². The number of halogens is 5. The van der Waals surface area contributed by atoms with Gasteiger partial charge in [-0.3, -0.25) is 0 Å². The molecule has 0 aliphatic heterocycles. The molecule has 0 unspecified atom stereocenters. The van der Waals surface area contributed by atoms with Crippen LogP contribution in [0.5, 0.6) is 0 Å². The van der Waals surface area contributed by atoms with Gasteiger partial charge in [-0.25, -0.2) is 0 Å². The number of aryl methyl sites for hydroxylation is 1. The van der Waals surface area contributed by atoms with Gasteiger partial charge >= 0.3 is 12.9 Å². The lowest BCUT2D eigenvalue weighted by Crippen LogP contribution is -2.02. The Kier molecular flexibility index (Phi) is 5.29. The van der Waals surface area contributed by atoms with Crippen molar-refractivity contribution in [1.82, 2.24) is 0 Å². The molecule has 1 aromatic rings. The molecule has 0 atom stereocenters. The summed E-state index contributed by atoms with van der Waals surface area (Å²) in [6.45, 7) is 1.94. The maximum Gasteiger partial charge on any atom is 0.673 e. The number of hydrogen-bond acceptors (Lipinski definition) is 1. The molecule has 0 saturated carbocycles. The van der Waals surface area contributed by atoms with Crippen molar-refractivity contribution in [2.75, 3.05) is 0 Å². The molecule has 1 rings (SSSR count). The summed E-state index contributed by atoms with van der Waals surface area (Å²) in [6.07, 6.45) is 0. The lowest BCUT2D eigenvalue weighted by molar-refractivity contribution is 0.368. The highest BCUT2D eigenvalue weighted by Crippen LogP contribution is 2.27. The van der Waals surface area contributed by atoms with Crippen LogP contribution in [-0.4, -0.2) is 7.25 Å². The quantitative estimate of drug-likeness (QED) is 0.390. The van der Waals surface area contributed by atoms with Gasteiger partial charge in [0, 0.05) is 6.07 Å². The maximum absolute atomic E-state index is 9.75. The molecule has 82 valence electrons. The summed E-state index contributed by atoms with van der Waals surface area (Å²) >= 11 is 3.29. The van der Waals surface area contributed by atoms with Crippen molar-refractivity contribution in [2.24, 2.45) is 0 Å². The van der Waals surface area contributed by atoms with Crippen molar-refractivity contribution in [1.29, 1.82) is 5.39 Å². The second-order valence-electron chi connectivity index (χ2n) is 2.50. The molecule has 15 heavy (non-hydrogen) atoms. The van der Waals surface area contributed by atoms with E-state index in [0.29, 0.717) is 5.69 Å². The molecule has 0 aromatic heterocycles. The summed E-state index contributed by atoms with van der Waals surface area (Å²) in [6, 6.07) is 5.52. The van der Waals surface area contributed by atoms with Crippen molar-refractivity contribution in [3.05, 3.63) is 33.2 Å². The Morgan fingerprint density at radius 2 is 1.73 bits per heavy atom. The Balaban J connectivity index is 0.000000336. The van der Waals surface area contributed by atoms with Crippen molar-refractivity contribution in [2.45, 2.75) is 6.92 Å². The largest absolute Gasteiger partial charge is 0.673 e. The van der Waals surface area contributed by atoms with E-state index in [2.05, 4.69) is 20.9 Å². The van der Waals surface area contributed by atoms with E-state index in [9.17, 15) is 17.3 Å². The van der Waals surface area contributed by atoms with Gasteiger partial charge in [0.15, 0.2) is 4.98 Å². The summed E-state index contributed by atoms with van der Waals surface area (Å²) in [4.78, 5) is 3.08. The molecule has 0 bridgehead atoms. The summed E-state index contributed by atoms with van der Waals surface area (Å²) in [5.74, 6) is 0. The van der Waals surface area contributed by atoms with Crippen LogP contribution in [0.4, 0.5) is 23.0 Å². The maximum atomic E-state index is 9.75. The van der Waals surface area contributed by atoms with E-state index in [1.54, 1.807) is 6.07 Å². The minimum atomic E-state index is -6.00. The molecule has 8 heteroatoms. The van der Waals surface area contributed by atoms with Gasteiger partial charge in [0.2, 0.25) is 5.39 Å². The number of hydrogen-bond donors (Lipinski definition) is 0. The Labute approximate surface area is 92.1 Å². The molecule has 0 aliphatic carbocycles. The molecule has 0 radical (unpaired) electrons. The zero-order valence-corrected chi connectivity index (χ0v) is 9.18. The smallest absolute Gasteiger partial charge is 0.418 e. The van der Waals surface area contributed by atoms with Gasteiger partial charge in [-0.05, 0) is 28.4 Å². The monoisotopic (exact) mass is 284 g/mol. The van der Waals surface area contributed by atoms with Crippen LogP contribution in [0.3, 0.4) is 0 Å². The van der Waals surface area contributed by atoms with Crippen LogP contribution in [0.1, 0.15) is 5.56 Å². The summed E-state index contributed by atoms with van der Waals surface area (Å²) in [5.41, 5.74) is 1.63. The summed E-state index contributed by atoms with van der Waals surface area (Å²) in [7, 11) is -6.00. The van der Waals surface area contributed by atoms with E-state index in [4.69, 9.17) is 5.39 Å². The Bertz CT molecular complexity index is 368. The van der Waals surface area contributed by atoms with Crippen molar-refractivity contribution in [3.8, 4) is 0 Å². The van der Waals surface area contributed by atoms with Gasteiger partial charge in [-0.2, -0.15) is 0 Å². The molecule has 0 spiro atoms. The second-order valence-corrected chi connectivity index (χ2v) is 3.30. The van der Waals surface area contributed by atoms with E-state index in [1.807, 2.05) is 19.1 Å². The Morgan fingerprint density at radius 3 is 2.07 bits per heavy atom. The third kappa shape index (κ3) is 6.91. The first kappa shape index (κ1) is 13.9. The third-order valence-electron chi connectivity index (χ3n) is 1.28. The molecule has 0 fully saturated rings. The number of rotatable bonds is 0. The fourth-order valence-electron chi connectivity index (χ4n) is 0.709. The second kappa shape index (κ2) is 5.71. The summed E-state index contributed by atoms with van der Waals surface area (Å²) in [5, 5.41) is 8.44. The molecule has 2 nitrogen and oxygen atoms in total. The van der Waals surface area contributed by atoms with Crippen LogP contribution in [0.15, 0.2) is 22.7 Å². The average molecular weight is 285 g/mol. The van der Waals surface area contributed by atoms with E-state index >= 15 is 0 Å². The SMILES string of the molecule is Cc1cccc([N+]#N)c1Br.F[B-](F)(F)F. The van der Waals surface area contributed by atoms with Crippen molar-refractivity contribution in [3.63, 3.8) is 0 Å². The molecular weight excluding hydrogens is 279 g/mol. The molecule has 0 amide bonds. The molecule has 0 heterocycles. The Hall–Kier alpha value is -1.10. The first-order valence-corrected chi connectivity index (χ1v) is 4.52. The summed E-state index contributed by atoms with van der Waals surface area (Å²) < 4.78 is 39.8. The van der Waals surface area contributed by atoms with Gasteiger partial charge in [0.1, 0.15) is 4.47 Å². The standard InChI is InChI=1S/C7H6BrN2.BF4/c1-5-3-2-4-6(10-9)7(5)8;2-1(3,4)5/h2-4H,1H3;/q+1;-1. The van der Waals surface area contributed by atoms with Crippen molar-refractivity contribution >= 4 is 28.9 Å². The predicted octanol–water partition coefficient (Wildman–Crippen LogP) is 4.54. The molecule has 0 saturated heterocycles. The number of nitrogens with zero attached hydrogens (tertiary/aromatic N) is 2. The van der Waals surface area contributed by atoms with E-state index < -0.39 is 7.25 Å². The minimum absolute atomic E-state index is 0.569. The van der Waals surface area contributed by atoms with Crippen LogP contribution >= 0.6 is 15.9 Å². The highest BCUT2D eigenvalue weighted by Gasteiger charge is 2.20. The zero-order valence-electron chi connectivity index (χ0n) is 7.59. The fraction of sp³-hybridized carbons (Fsp3) is 0.143. The normalized spacial score (nSPS) is 9.93. The van der Waals surface area contributed by atoms with Crippen LogP contribution in [0.2, 0.25) is 0 Å². The molecule has 0 aliphatic rings. The lowest BCUT2D eigenvalue weighted by Gasteiger charge is -1.94.